The molecule has 3 atom stereocenters. The molecule has 1 aromatic carbocycles. The number of methoxy groups -OCH3 is 2. The van der Waals surface area contributed by atoms with Crippen molar-refractivity contribution in [2.75, 3.05) is 20.8 Å². The van der Waals surface area contributed by atoms with E-state index in [4.69, 9.17) is 14.2 Å². The van der Waals surface area contributed by atoms with Crippen LogP contribution in [0.5, 0.6) is 0 Å². The van der Waals surface area contributed by atoms with Crippen molar-refractivity contribution in [2.24, 2.45) is 0 Å². The fourth-order valence-electron chi connectivity index (χ4n) is 3.39. The molecule has 10 heteroatoms. The number of amides is 1. The Labute approximate surface area is 172 Å². The molecule has 2 heterocycles. The summed E-state index contributed by atoms with van der Waals surface area (Å²) in [6, 6.07) is 8.76. The molecule has 2 saturated heterocycles. The molecule has 160 valence electrons. The van der Waals surface area contributed by atoms with Gasteiger partial charge in [0, 0.05) is 13.5 Å². The second-order valence-electron chi connectivity index (χ2n) is 6.73. The van der Waals surface area contributed by atoms with Gasteiger partial charge in [-0.15, -0.1) is 0 Å². The van der Waals surface area contributed by atoms with Crippen LogP contribution in [-0.4, -0.2) is 67.9 Å². The van der Waals surface area contributed by atoms with Crippen molar-refractivity contribution >= 4 is 24.0 Å². The molecule has 0 spiro atoms. The molecule has 30 heavy (non-hydrogen) atoms. The number of hydrogen-bond donors (Lipinski definition) is 1. The maximum Gasteiger partial charge on any atom is 0.411 e. The second-order valence-corrected chi connectivity index (χ2v) is 6.73. The van der Waals surface area contributed by atoms with Crippen LogP contribution in [0.25, 0.3) is 0 Å². The Kier molecular flexibility index (Phi) is 6.24. The van der Waals surface area contributed by atoms with Gasteiger partial charge in [0.2, 0.25) is 0 Å². The lowest BCUT2D eigenvalue weighted by molar-refractivity contribution is -0.161. The molecule has 0 aliphatic carbocycles. The maximum atomic E-state index is 12.5. The van der Waals surface area contributed by atoms with Crippen LogP contribution >= 0.6 is 0 Å². The van der Waals surface area contributed by atoms with E-state index in [0.29, 0.717) is 6.54 Å². The molecule has 0 saturated carbocycles. The lowest BCUT2D eigenvalue weighted by atomic mass is 10.1. The minimum atomic E-state index is -1.08. The number of benzene rings is 1. The van der Waals surface area contributed by atoms with Crippen molar-refractivity contribution in [3.05, 3.63) is 47.3 Å². The molecule has 1 aromatic rings. The van der Waals surface area contributed by atoms with Crippen molar-refractivity contribution in [1.82, 2.24) is 10.2 Å². The third-order valence-corrected chi connectivity index (χ3v) is 4.72. The standard InChI is InChI=1S/C20H22N2O8/c1-11(23)29-18-16(15(19(25)27-2)21-20(26)28-3)22-10-13(22)17(18)30-14(24)9-12-7-5-4-6-8-12/h4-8,13,17-18H,9-10H2,1-3H3,(H,21,26)/b16-15-/t13-,17+,18+,22?/m0/s1. The second kappa shape index (κ2) is 8.85. The van der Waals surface area contributed by atoms with Crippen molar-refractivity contribution in [1.29, 1.82) is 0 Å². The highest BCUT2D eigenvalue weighted by Gasteiger charge is 2.60. The predicted molar refractivity (Wildman–Crippen MR) is 101 cm³/mol. The van der Waals surface area contributed by atoms with Crippen LogP contribution in [0, 0.1) is 0 Å². The Balaban J connectivity index is 1.88. The molecule has 0 unspecified atom stereocenters. The average molecular weight is 418 g/mol. The fourth-order valence-corrected chi connectivity index (χ4v) is 3.39. The van der Waals surface area contributed by atoms with E-state index in [-0.39, 0.29) is 23.9 Å². The minimum Gasteiger partial charge on any atom is -0.464 e. The molecular formula is C20H22N2O8. The third-order valence-electron chi connectivity index (χ3n) is 4.72. The van der Waals surface area contributed by atoms with E-state index in [1.54, 1.807) is 17.0 Å². The Morgan fingerprint density at radius 2 is 1.77 bits per heavy atom. The molecule has 0 bridgehead atoms. The molecule has 0 aromatic heterocycles. The van der Waals surface area contributed by atoms with Gasteiger partial charge in [0.15, 0.2) is 17.9 Å². The zero-order valence-electron chi connectivity index (χ0n) is 16.7. The van der Waals surface area contributed by atoms with Gasteiger partial charge in [0.25, 0.3) is 0 Å². The summed E-state index contributed by atoms with van der Waals surface area (Å²) in [4.78, 5) is 49.9. The third kappa shape index (κ3) is 4.53. The summed E-state index contributed by atoms with van der Waals surface area (Å²) in [5.41, 5.74) is 0.736. The number of hydrogen-bond acceptors (Lipinski definition) is 9. The Bertz CT molecular complexity index is 882. The van der Waals surface area contributed by atoms with Gasteiger partial charge in [-0.05, 0) is 5.56 Å². The number of nitrogens with zero attached hydrogens (tertiary/aromatic N) is 1. The number of ether oxygens (including phenoxy) is 4. The van der Waals surface area contributed by atoms with E-state index in [1.165, 1.54) is 6.92 Å². The van der Waals surface area contributed by atoms with E-state index in [9.17, 15) is 19.2 Å². The van der Waals surface area contributed by atoms with Crippen LogP contribution in [-0.2, 0) is 39.8 Å². The van der Waals surface area contributed by atoms with Crippen molar-refractivity contribution < 1.29 is 38.1 Å². The molecule has 10 nitrogen and oxygen atoms in total. The summed E-state index contributed by atoms with van der Waals surface area (Å²) in [5.74, 6) is -1.99. The highest BCUT2D eigenvalue weighted by molar-refractivity contribution is 5.93. The number of carbonyl (C=O) groups is 4. The van der Waals surface area contributed by atoms with Gasteiger partial charge in [-0.3, -0.25) is 14.9 Å². The zero-order chi connectivity index (χ0) is 21.8. The van der Waals surface area contributed by atoms with E-state index in [2.05, 4.69) is 10.1 Å². The SMILES string of the molecule is COC(=O)N/C(C(=O)OC)=C1/[C@@H](OC(C)=O)[C@H](OC(=O)Cc2ccccc2)[C@@H]2CN12. The molecule has 1 amide bonds. The molecule has 1 N–H and O–H groups in total. The van der Waals surface area contributed by atoms with Crippen LogP contribution < -0.4 is 5.32 Å². The van der Waals surface area contributed by atoms with Gasteiger partial charge in [0.1, 0.15) is 0 Å². The lowest BCUT2D eigenvalue weighted by Gasteiger charge is -2.24. The van der Waals surface area contributed by atoms with Crippen molar-refractivity contribution in [2.45, 2.75) is 31.6 Å². The Morgan fingerprint density at radius 1 is 1.07 bits per heavy atom. The number of piperidine rings is 1. The van der Waals surface area contributed by atoms with Gasteiger partial charge in [-0.2, -0.15) is 0 Å². The first kappa shape index (κ1) is 21.2. The normalized spacial score (nSPS) is 23.0. The van der Waals surface area contributed by atoms with E-state index in [1.807, 2.05) is 18.2 Å². The highest BCUT2D eigenvalue weighted by atomic mass is 16.6. The number of alkyl carbamates (subject to hydrolysis) is 1. The summed E-state index contributed by atoms with van der Waals surface area (Å²) < 4.78 is 20.3. The predicted octanol–water partition coefficient (Wildman–Crippen LogP) is 0.511. The van der Waals surface area contributed by atoms with E-state index in [0.717, 1.165) is 19.8 Å². The lowest BCUT2D eigenvalue weighted by Crippen LogP contribution is -2.39. The Morgan fingerprint density at radius 3 is 2.37 bits per heavy atom. The van der Waals surface area contributed by atoms with Crippen LogP contribution in [0.3, 0.4) is 0 Å². The van der Waals surface area contributed by atoms with Crippen molar-refractivity contribution in [3.63, 3.8) is 0 Å². The molecule has 2 fully saturated rings. The molecule has 2 aliphatic heterocycles. The summed E-state index contributed by atoms with van der Waals surface area (Å²) in [6.07, 6.45) is -2.76. The van der Waals surface area contributed by atoms with E-state index < -0.39 is 36.2 Å². The molecular weight excluding hydrogens is 396 g/mol. The van der Waals surface area contributed by atoms with E-state index >= 15 is 0 Å². The topological polar surface area (TPSA) is 120 Å². The number of esters is 3. The van der Waals surface area contributed by atoms with Gasteiger partial charge in [0.05, 0.1) is 32.4 Å². The van der Waals surface area contributed by atoms with Gasteiger partial charge >= 0.3 is 24.0 Å². The van der Waals surface area contributed by atoms with Crippen LogP contribution in [0.1, 0.15) is 12.5 Å². The van der Waals surface area contributed by atoms with Gasteiger partial charge in [-0.1, -0.05) is 30.3 Å². The van der Waals surface area contributed by atoms with Crippen molar-refractivity contribution in [3.8, 4) is 0 Å². The molecule has 3 rings (SSSR count). The summed E-state index contributed by atoms with van der Waals surface area (Å²) >= 11 is 0. The molecule has 2 aliphatic rings. The Hall–Kier alpha value is -3.56. The van der Waals surface area contributed by atoms with Gasteiger partial charge in [-0.25, -0.2) is 9.59 Å². The first-order valence-corrected chi connectivity index (χ1v) is 9.20. The first-order chi connectivity index (χ1) is 14.3. The number of carbonyl (C=O) groups excluding carboxylic acids is 4. The zero-order valence-corrected chi connectivity index (χ0v) is 16.7. The monoisotopic (exact) mass is 418 g/mol. The largest absolute Gasteiger partial charge is 0.464 e. The number of rotatable bonds is 6. The maximum absolute atomic E-state index is 12.5. The summed E-state index contributed by atoms with van der Waals surface area (Å²) in [7, 11) is 2.29. The first-order valence-electron chi connectivity index (χ1n) is 9.20. The highest BCUT2D eigenvalue weighted by Crippen LogP contribution is 2.44. The fraction of sp³-hybridized carbons (Fsp3) is 0.400. The van der Waals surface area contributed by atoms with Crippen LogP contribution in [0.15, 0.2) is 41.7 Å². The summed E-state index contributed by atoms with van der Waals surface area (Å²) in [5, 5.41) is 2.30. The number of nitrogens with one attached hydrogen (secondary N) is 1. The molecule has 0 radical (unpaired) electrons. The smallest absolute Gasteiger partial charge is 0.411 e. The average Bonchev–Trinajstić information content (AvgIpc) is 3.45. The van der Waals surface area contributed by atoms with Crippen LogP contribution in [0.2, 0.25) is 0 Å². The quantitative estimate of drug-likeness (QED) is 0.305. The summed E-state index contributed by atoms with van der Waals surface area (Å²) in [6.45, 7) is 1.66. The minimum absolute atomic E-state index is 0.0418. The van der Waals surface area contributed by atoms with Crippen LogP contribution in [0.4, 0.5) is 4.79 Å². The van der Waals surface area contributed by atoms with Gasteiger partial charge < -0.3 is 23.8 Å². The number of fused-ring (bicyclic) bond motifs is 1.